The maximum absolute atomic E-state index is 5.65. The van der Waals surface area contributed by atoms with Crippen molar-refractivity contribution in [1.29, 1.82) is 0 Å². The summed E-state index contributed by atoms with van der Waals surface area (Å²) >= 11 is 0. The van der Waals surface area contributed by atoms with Crippen LogP contribution in [0.1, 0.15) is 6.92 Å². The highest BCUT2D eigenvalue weighted by atomic mass is 16.5. The van der Waals surface area contributed by atoms with Gasteiger partial charge in [-0.15, -0.1) is 5.10 Å². The molecule has 1 rings (SSSR count). The van der Waals surface area contributed by atoms with Gasteiger partial charge >= 0.3 is 6.01 Å². The van der Waals surface area contributed by atoms with Gasteiger partial charge in [0.15, 0.2) is 0 Å². The number of nitrogens with two attached hydrogens (primary N) is 1. The molecule has 0 amide bonds. The molecule has 0 bridgehead atoms. The van der Waals surface area contributed by atoms with E-state index < -0.39 is 0 Å². The van der Waals surface area contributed by atoms with E-state index in [1.807, 2.05) is 21.0 Å². The quantitative estimate of drug-likeness (QED) is 0.712. The van der Waals surface area contributed by atoms with Gasteiger partial charge in [0.25, 0.3) is 0 Å². The van der Waals surface area contributed by atoms with E-state index in [9.17, 15) is 0 Å². The fraction of sp³-hybridized carbons (Fsp3) is 0.750. The molecule has 6 nitrogen and oxygen atoms in total. The fourth-order valence-electron chi connectivity index (χ4n) is 0.982. The number of likely N-dealkylation sites (N-methyl/N-ethyl adjacent to an activating group) is 1. The van der Waals surface area contributed by atoms with Crippen LogP contribution in [-0.4, -0.2) is 46.9 Å². The van der Waals surface area contributed by atoms with E-state index in [0.29, 0.717) is 18.6 Å². The highest BCUT2D eigenvalue weighted by Crippen LogP contribution is 2.06. The van der Waals surface area contributed by atoms with Gasteiger partial charge in [0.2, 0.25) is 5.95 Å². The summed E-state index contributed by atoms with van der Waals surface area (Å²) in [5.74, 6) is 0.398. The normalized spacial score (nSPS) is 10.9. The van der Waals surface area contributed by atoms with Crippen molar-refractivity contribution in [1.82, 2.24) is 19.7 Å². The molecule has 0 aliphatic heterocycles. The second-order valence-electron chi connectivity index (χ2n) is 3.21. The van der Waals surface area contributed by atoms with Crippen molar-refractivity contribution in [3.8, 4) is 6.01 Å². The molecule has 0 fully saturated rings. The molecule has 1 heterocycles. The van der Waals surface area contributed by atoms with E-state index in [0.717, 1.165) is 13.1 Å². The molecule has 0 spiro atoms. The molecule has 0 unspecified atom stereocenters. The molecule has 80 valence electrons. The Morgan fingerprint density at radius 3 is 2.79 bits per heavy atom. The van der Waals surface area contributed by atoms with Gasteiger partial charge in [-0.3, -0.25) is 0 Å². The lowest BCUT2D eigenvalue weighted by molar-refractivity contribution is 0.307. The number of hydrogen-bond donors (Lipinski definition) is 1. The molecule has 0 aromatic carbocycles. The molecular formula is C8H17N5O. The zero-order valence-electron chi connectivity index (χ0n) is 8.90. The van der Waals surface area contributed by atoms with Gasteiger partial charge in [-0.2, -0.15) is 4.98 Å². The van der Waals surface area contributed by atoms with Crippen LogP contribution in [0.3, 0.4) is 0 Å². The molecule has 14 heavy (non-hydrogen) atoms. The molecule has 0 aliphatic carbocycles. The minimum absolute atomic E-state index is 0.351. The first-order chi connectivity index (χ1) is 6.63. The van der Waals surface area contributed by atoms with Crippen molar-refractivity contribution in [3.05, 3.63) is 0 Å². The molecule has 0 saturated heterocycles. The molecule has 0 atom stereocenters. The van der Waals surface area contributed by atoms with Crippen LogP contribution in [0.15, 0.2) is 0 Å². The van der Waals surface area contributed by atoms with E-state index in [2.05, 4.69) is 15.0 Å². The van der Waals surface area contributed by atoms with E-state index in [-0.39, 0.29) is 0 Å². The smallest absolute Gasteiger partial charge is 0.337 e. The van der Waals surface area contributed by atoms with Crippen molar-refractivity contribution < 1.29 is 4.74 Å². The minimum Gasteiger partial charge on any atom is -0.463 e. The first kappa shape index (κ1) is 10.8. The summed E-state index contributed by atoms with van der Waals surface area (Å²) in [5.41, 5.74) is 5.65. The lowest BCUT2D eigenvalue weighted by Crippen LogP contribution is -2.20. The average Bonchev–Trinajstić information content (AvgIpc) is 2.44. The molecule has 1 aromatic heterocycles. The van der Waals surface area contributed by atoms with Crippen LogP contribution in [-0.2, 0) is 6.54 Å². The molecule has 2 N–H and O–H groups in total. The number of nitrogen functional groups attached to an aromatic ring is 1. The van der Waals surface area contributed by atoms with Gasteiger partial charge in [-0.1, -0.05) is 0 Å². The summed E-state index contributed by atoms with van der Waals surface area (Å²) in [6, 6.07) is 0.351. The molecule has 0 aliphatic rings. The zero-order chi connectivity index (χ0) is 10.6. The van der Waals surface area contributed by atoms with Crippen LogP contribution in [0, 0.1) is 0 Å². The predicted molar refractivity (Wildman–Crippen MR) is 54.2 cm³/mol. The molecule has 1 aromatic rings. The van der Waals surface area contributed by atoms with Crippen LogP contribution in [0.25, 0.3) is 0 Å². The van der Waals surface area contributed by atoms with E-state index in [1.165, 1.54) is 0 Å². The summed E-state index contributed by atoms with van der Waals surface area (Å²) in [5, 5.41) is 4.10. The molecular weight excluding hydrogens is 182 g/mol. The molecule has 6 heteroatoms. The third-order valence-corrected chi connectivity index (χ3v) is 1.71. The number of hydrogen-bond acceptors (Lipinski definition) is 5. The van der Waals surface area contributed by atoms with Crippen molar-refractivity contribution >= 4 is 5.95 Å². The van der Waals surface area contributed by atoms with Crippen molar-refractivity contribution in [2.24, 2.45) is 0 Å². The zero-order valence-corrected chi connectivity index (χ0v) is 8.90. The Morgan fingerprint density at radius 2 is 2.21 bits per heavy atom. The van der Waals surface area contributed by atoms with Gasteiger partial charge in [0, 0.05) is 6.54 Å². The third-order valence-electron chi connectivity index (χ3n) is 1.71. The molecule has 0 saturated carbocycles. The second-order valence-corrected chi connectivity index (χ2v) is 3.21. The Labute approximate surface area is 83.7 Å². The average molecular weight is 199 g/mol. The summed E-state index contributed by atoms with van der Waals surface area (Å²) in [6.45, 7) is 4.03. The fourth-order valence-corrected chi connectivity index (χ4v) is 0.982. The number of aromatic nitrogens is 3. The van der Waals surface area contributed by atoms with Crippen LogP contribution in [0.5, 0.6) is 6.01 Å². The Morgan fingerprint density at radius 1 is 1.50 bits per heavy atom. The predicted octanol–water partition coefficient (Wildman–Crippen LogP) is -0.179. The van der Waals surface area contributed by atoms with E-state index in [4.69, 9.17) is 10.5 Å². The van der Waals surface area contributed by atoms with Crippen molar-refractivity contribution in [2.75, 3.05) is 33.0 Å². The summed E-state index contributed by atoms with van der Waals surface area (Å²) in [7, 11) is 3.99. The summed E-state index contributed by atoms with van der Waals surface area (Å²) in [6.07, 6.45) is 0. The van der Waals surface area contributed by atoms with Crippen LogP contribution in [0.4, 0.5) is 5.95 Å². The van der Waals surface area contributed by atoms with Crippen LogP contribution in [0.2, 0.25) is 0 Å². The largest absolute Gasteiger partial charge is 0.463 e. The first-order valence-electron chi connectivity index (χ1n) is 4.61. The topological polar surface area (TPSA) is 69.2 Å². The number of nitrogens with zero attached hydrogens (tertiary/aromatic N) is 4. The Hall–Kier alpha value is -1.30. The lowest BCUT2D eigenvalue weighted by atomic mass is 10.6. The van der Waals surface area contributed by atoms with Gasteiger partial charge in [0.1, 0.15) is 0 Å². The Kier molecular flexibility index (Phi) is 3.70. The SMILES string of the molecule is CCOc1nc(N)n(CCN(C)C)n1. The highest BCUT2D eigenvalue weighted by molar-refractivity contribution is 5.18. The van der Waals surface area contributed by atoms with Gasteiger partial charge in [-0.25, -0.2) is 4.68 Å². The van der Waals surface area contributed by atoms with Crippen LogP contribution >= 0.6 is 0 Å². The van der Waals surface area contributed by atoms with Gasteiger partial charge in [0.05, 0.1) is 13.2 Å². The minimum atomic E-state index is 0.351. The Bertz CT molecular complexity index is 283. The summed E-state index contributed by atoms with van der Waals surface area (Å²) < 4.78 is 6.78. The van der Waals surface area contributed by atoms with Gasteiger partial charge < -0.3 is 15.4 Å². The Balaban J connectivity index is 2.58. The second kappa shape index (κ2) is 4.80. The maximum atomic E-state index is 5.65. The van der Waals surface area contributed by atoms with Crippen molar-refractivity contribution in [3.63, 3.8) is 0 Å². The maximum Gasteiger partial charge on any atom is 0.337 e. The first-order valence-corrected chi connectivity index (χ1v) is 4.61. The van der Waals surface area contributed by atoms with Crippen molar-refractivity contribution in [2.45, 2.75) is 13.5 Å². The summed E-state index contributed by atoms with van der Waals surface area (Å²) in [4.78, 5) is 6.02. The van der Waals surface area contributed by atoms with Gasteiger partial charge in [-0.05, 0) is 21.0 Å². The monoisotopic (exact) mass is 199 g/mol. The van der Waals surface area contributed by atoms with Crippen LogP contribution < -0.4 is 10.5 Å². The molecule has 0 radical (unpaired) electrons. The standard InChI is InChI=1S/C8H17N5O/c1-4-14-8-10-7(9)13(11-8)6-5-12(2)3/h4-6H2,1-3H3,(H2,9,10,11). The lowest BCUT2D eigenvalue weighted by Gasteiger charge is -2.08. The highest BCUT2D eigenvalue weighted by Gasteiger charge is 2.06. The van der Waals surface area contributed by atoms with E-state index in [1.54, 1.807) is 4.68 Å². The number of rotatable bonds is 5. The van der Waals surface area contributed by atoms with E-state index >= 15 is 0 Å². The number of ether oxygens (including phenoxy) is 1. The third kappa shape index (κ3) is 2.88. The number of anilines is 1.